The number of carbonyl (C=O) groups is 1. The first-order valence-electron chi connectivity index (χ1n) is 5.67. The van der Waals surface area contributed by atoms with Crippen LogP contribution >= 0.6 is 0 Å². The summed E-state index contributed by atoms with van der Waals surface area (Å²) in [6, 6.07) is 6.42. The first-order valence-corrected chi connectivity index (χ1v) is 5.67. The molecule has 1 aromatic carbocycles. The van der Waals surface area contributed by atoms with Gasteiger partial charge in [-0.05, 0) is 42.9 Å². The van der Waals surface area contributed by atoms with Crippen molar-refractivity contribution < 1.29 is 4.79 Å². The maximum Gasteiger partial charge on any atom is 0.228 e. The molecule has 0 spiro atoms. The summed E-state index contributed by atoms with van der Waals surface area (Å²) >= 11 is 0. The number of benzene rings is 1. The van der Waals surface area contributed by atoms with Crippen LogP contribution in [0.25, 0.3) is 0 Å². The van der Waals surface area contributed by atoms with Crippen molar-refractivity contribution in [3.05, 3.63) is 29.3 Å². The molecule has 0 saturated heterocycles. The second-order valence-corrected chi connectivity index (χ2v) is 4.72. The molecular weight excluding hydrogens is 186 g/mol. The Hall–Kier alpha value is -1.31. The number of carbonyl (C=O) groups excluding carboxylic acids is 1. The largest absolute Gasteiger partial charge is 0.326 e. The van der Waals surface area contributed by atoms with Gasteiger partial charge in [0, 0.05) is 11.6 Å². The highest BCUT2D eigenvalue weighted by atomic mass is 16.2. The van der Waals surface area contributed by atoms with Crippen molar-refractivity contribution in [1.29, 1.82) is 0 Å². The van der Waals surface area contributed by atoms with Crippen LogP contribution in [-0.2, 0) is 4.79 Å². The number of fused-ring (bicyclic) bond motifs is 3. The quantitative estimate of drug-likeness (QED) is 0.687. The summed E-state index contributed by atoms with van der Waals surface area (Å²) in [4.78, 5) is 11.8. The summed E-state index contributed by atoms with van der Waals surface area (Å²) in [6.07, 6.45) is 3.42. The van der Waals surface area contributed by atoms with E-state index < -0.39 is 0 Å². The molecule has 2 heteroatoms. The van der Waals surface area contributed by atoms with Gasteiger partial charge in [0.25, 0.3) is 0 Å². The highest BCUT2D eigenvalue weighted by Crippen LogP contribution is 2.45. The lowest BCUT2D eigenvalue weighted by molar-refractivity contribution is -0.120. The Morgan fingerprint density at radius 3 is 2.93 bits per heavy atom. The number of amides is 1. The summed E-state index contributed by atoms with van der Waals surface area (Å²) in [5.41, 5.74) is 3.61. The van der Waals surface area contributed by atoms with Crippen LogP contribution in [0.4, 0.5) is 5.69 Å². The van der Waals surface area contributed by atoms with Gasteiger partial charge in [0.2, 0.25) is 5.91 Å². The van der Waals surface area contributed by atoms with Crippen molar-refractivity contribution in [1.82, 2.24) is 0 Å². The fraction of sp³-hybridized carbons (Fsp3) is 0.462. The van der Waals surface area contributed by atoms with Gasteiger partial charge in [0.1, 0.15) is 0 Å². The molecule has 1 aliphatic carbocycles. The average Bonchev–Trinajstić information content (AvgIpc) is 2.66. The van der Waals surface area contributed by atoms with E-state index in [9.17, 15) is 4.79 Å². The molecule has 0 radical (unpaired) electrons. The molecule has 1 saturated carbocycles. The van der Waals surface area contributed by atoms with Crippen molar-refractivity contribution >= 4 is 11.6 Å². The molecule has 1 aromatic rings. The molecule has 3 rings (SSSR count). The predicted molar refractivity (Wildman–Crippen MR) is 59.9 cm³/mol. The van der Waals surface area contributed by atoms with Crippen molar-refractivity contribution in [3.8, 4) is 0 Å². The van der Waals surface area contributed by atoms with E-state index in [1.54, 1.807) is 0 Å². The lowest BCUT2D eigenvalue weighted by Gasteiger charge is -2.28. The van der Waals surface area contributed by atoms with E-state index in [1.807, 2.05) is 0 Å². The average molecular weight is 201 g/mol. The summed E-state index contributed by atoms with van der Waals surface area (Å²) in [6.45, 7) is 2.06. The maximum absolute atomic E-state index is 11.8. The number of nitrogens with one attached hydrogen (secondary N) is 1. The van der Waals surface area contributed by atoms with Crippen molar-refractivity contribution in [2.45, 2.75) is 32.1 Å². The van der Waals surface area contributed by atoms with E-state index in [2.05, 4.69) is 30.4 Å². The Morgan fingerprint density at radius 1 is 1.27 bits per heavy atom. The van der Waals surface area contributed by atoms with Gasteiger partial charge in [0.15, 0.2) is 0 Å². The number of hydrogen-bond acceptors (Lipinski definition) is 1. The Labute approximate surface area is 89.7 Å². The monoisotopic (exact) mass is 201 g/mol. The molecule has 2 atom stereocenters. The van der Waals surface area contributed by atoms with E-state index in [1.165, 1.54) is 24.0 Å². The number of rotatable bonds is 0. The van der Waals surface area contributed by atoms with Gasteiger partial charge in [-0.2, -0.15) is 0 Å². The molecule has 1 heterocycles. The highest BCUT2D eigenvalue weighted by Gasteiger charge is 2.38. The zero-order chi connectivity index (χ0) is 10.4. The molecule has 1 N–H and O–H groups in total. The smallest absolute Gasteiger partial charge is 0.228 e. The third kappa shape index (κ3) is 1.28. The minimum absolute atomic E-state index is 0.232. The Bertz CT molecular complexity index is 425. The molecule has 78 valence electrons. The molecule has 2 nitrogen and oxygen atoms in total. The van der Waals surface area contributed by atoms with Crippen LogP contribution in [0.5, 0.6) is 0 Å². The number of aryl methyl sites for hydroxylation is 1. The number of hydrogen-bond donors (Lipinski definition) is 1. The molecule has 0 aromatic heterocycles. The molecule has 15 heavy (non-hydrogen) atoms. The van der Waals surface area contributed by atoms with Gasteiger partial charge >= 0.3 is 0 Å². The zero-order valence-corrected chi connectivity index (χ0v) is 8.92. The molecule has 1 aliphatic heterocycles. The zero-order valence-electron chi connectivity index (χ0n) is 8.92. The lowest BCUT2D eigenvalue weighted by atomic mass is 9.84. The van der Waals surface area contributed by atoms with Crippen LogP contribution in [0, 0.1) is 12.8 Å². The van der Waals surface area contributed by atoms with Crippen LogP contribution in [-0.4, -0.2) is 5.91 Å². The molecule has 1 fully saturated rings. The lowest BCUT2D eigenvalue weighted by Crippen LogP contribution is -2.30. The topological polar surface area (TPSA) is 29.1 Å². The van der Waals surface area contributed by atoms with Gasteiger partial charge in [-0.25, -0.2) is 0 Å². The van der Waals surface area contributed by atoms with E-state index in [0.29, 0.717) is 5.92 Å². The predicted octanol–water partition coefficient (Wildman–Crippen LogP) is 2.83. The normalized spacial score (nSPS) is 28.2. The maximum atomic E-state index is 11.8. The van der Waals surface area contributed by atoms with Crippen molar-refractivity contribution in [2.75, 3.05) is 5.32 Å². The fourth-order valence-corrected chi connectivity index (χ4v) is 2.97. The van der Waals surface area contributed by atoms with Gasteiger partial charge in [-0.15, -0.1) is 0 Å². The first-order chi connectivity index (χ1) is 7.25. The second-order valence-electron chi connectivity index (χ2n) is 4.72. The molecule has 1 amide bonds. The molecule has 0 bridgehead atoms. The van der Waals surface area contributed by atoms with Crippen LogP contribution in [0.15, 0.2) is 18.2 Å². The van der Waals surface area contributed by atoms with E-state index in [4.69, 9.17) is 0 Å². The third-order valence-corrected chi connectivity index (χ3v) is 3.72. The van der Waals surface area contributed by atoms with Crippen molar-refractivity contribution in [2.24, 2.45) is 5.92 Å². The summed E-state index contributed by atoms with van der Waals surface area (Å²) in [5, 5.41) is 3.03. The standard InChI is InChI=1S/C13H15NO/c1-8-5-6-10-9-3-2-4-11(9)13(15)14-12(10)7-8/h5-7,9,11H,2-4H2,1H3,(H,14,15). The van der Waals surface area contributed by atoms with Crippen molar-refractivity contribution in [3.63, 3.8) is 0 Å². The Morgan fingerprint density at radius 2 is 2.07 bits per heavy atom. The van der Waals surface area contributed by atoms with Crippen LogP contribution in [0.2, 0.25) is 0 Å². The van der Waals surface area contributed by atoms with Gasteiger partial charge in [-0.1, -0.05) is 18.6 Å². The highest BCUT2D eigenvalue weighted by molar-refractivity contribution is 5.97. The van der Waals surface area contributed by atoms with Crippen LogP contribution in [0.3, 0.4) is 0 Å². The van der Waals surface area contributed by atoms with Gasteiger partial charge in [-0.3, -0.25) is 4.79 Å². The summed E-state index contributed by atoms with van der Waals surface area (Å²) < 4.78 is 0. The molecular formula is C13H15NO. The third-order valence-electron chi connectivity index (χ3n) is 3.72. The summed E-state index contributed by atoms with van der Waals surface area (Å²) in [5.74, 6) is 0.949. The van der Waals surface area contributed by atoms with Crippen LogP contribution < -0.4 is 5.32 Å². The number of anilines is 1. The van der Waals surface area contributed by atoms with E-state index in [0.717, 1.165) is 12.1 Å². The molecule has 2 unspecified atom stereocenters. The van der Waals surface area contributed by atoms with Crippen LogP contribution in [0.1, 0.15) is 36.3 Å². The van der Waals surface area contributed by atoms with E-state index in [-0.39, 0.29) is 11.8 Å². The molecule has 2 aliphatic rings. The van der Waals surface area contributed by atoms with Gasteiger partial charge < -0.3 is 5.32 Å². The Kier molecular flexibility index (Phi) is 1.84. The SMILES string of the molecule is Cc1ccc2c(c1)NC(=O)C1CCCC21. The minimum Gasteiger partial charge on any atom is -0.326 e. The summed E-state index contributed by atoms with van der Waals surface area (Å²) in [7, 11) is 0. The van der Waals surface area contributed by atoms with Gasteiger partial charge in [0.05, 0.1) is 0 Å². The first kappa shape index (κ1) is 8.96. The Balaban J connectivity index is 2.11. The fourth-order valence-electron chi connectivity index (χ4n) is 2.97. The second kappa shape index (κ2) is 3.09. The minimum atomic E-state index is 0.232. The van der Waals surface area contributed by atoms with E-state index >= 15 is 0 Å².